The molecule has 0 radical (unpaired) electrons. The van der Waals surface area contributed by atoms with Crippen molar-refractivity contribution >= 4 is 0 Å². The molecular weight excluding hydrogens is 240 g/mol. The molecule has 2 aliphatic heterocycles. The van der Waals surface area contributed by atoms with Crippen LogP contribution in [-0.2, 0) is 16.1 Å². The Kier molecular flexibility index (Phi) is 4.11. The van der Waals surface area contributed by atoms with Crippen molar-refractivity contribution in [2.45, 2.75) is 38.5 Å². The van der Waals surface area contributed by atoms with Crippen molar-refractivity contribution in [1.29, 1.82) is 0 Å². The fourth-order valence-corrected chi connectivity index (χ4v) is 2.83. The first kappa shape index (κ1) is 13.0. The van der Waals surface area contributed by atoms with Gasteiger partial charge in [-0.15, -0.1) is 0 Å². The van der Waals surface area contributed by atoms with Gasteiger partial charge in [0.1, 0.15) is 0 Å². The molecule has 1 aromatic rings. The van der Waals surface area contributed by atoms with Crippen molar-refractivity contribution in [3.63, 3.8) is 0 Å². The summed E-state index contributed by atoms with van der Waals surface area (Å²) in [7, 11) is 0. The Morgan fingerprint density at radius 1 is 1.42 bits per heavy atom. The molecule has 1 unspecified atom stereocenters. The summed E-state index contributed by atoms with van der Waals surface area (Å²) < 4.78 is 11.5. The number of hydrogen-bond donors (Lipinski definition) is 0. The van der Waals surface area contributed by atoms with Crippen molar-refractivity contribution in [2.24, 2.45) is 0 Å². The van der Waals surface area contributed by atoms with Gasteiger partial charge in [0.2, 0.25) is 0 Å². The number of pyridine rings is 1. The number of aryl methyl sites for hydroxylation is 1. The largest absolute Gasteiger partial charge is 0.380 e. The molecule has 3 heterocycles. The van der Waals surface area contributed by atoms with Crippen LogP contribution in [-0.4, -0.2) is 48.3 Å². The maximum atomic E-state index is 6.00. The van der Waals surface area contributed by atoms with Gasteiger partial charge in [-0.1, -0.05) is 6.07 Å². The van der Waals surface area contributed by atoms with E-state index in [0.29, 0.717) is 18.8 Å². The summed E-state index contributed by atoms with van der Waals surface area (Å²) in [4.78, 5) is 6.81. The highest BCUT2D eigenvalue weighted by molar-refractivity contribution is 5.12. The number of ether oxygens (including phenoxy) is 2. The van der Waals surface area contributed by atoms with E-state index in [2.05, 4.69) is 16.0 Å². The van der Waals surface area contributed by atoms with Gasteiger partial charge in [0, 0.05) is 37.6 Å². The van der Waals surface area contributed by atoms with E-state index in [9.17, 15) is 0 Å². The first-order chi connectivity index (χ1) is 9.31. The summed E-state index contributed by atoms with van der Waals surface area (Å²) >= 11 is 0. The molecular formula is C15H22N2O2. The van der Waals surface area contributed by atoms with Crippen LogP contribution in [0.15, 0.2) is 18.3 Å². The lowest BCUT2D eigenvalue weighted by Crippen LogP contribution is -2.34. The van der Waals surface area contributed by atoms with Crippen molar-refractivity contribution < 1.29 is 9.47 Å². The molecule has 3 rings (SSSR count). The Morgan fingerprint density at radius 3 is 3.11 bits per heavy atom. The lowest BCUT2D eigenvalue weighted by molar-refractivity contribution is 0.0422. The molecule has 0 spiro atoms. The van der Waals surface area contributed by atoms with Crippen LogP contribution in [0.2, 0.25) is 0 Å². The molecule has 2 atom stereocenters. The molecule has 0 saturated carbocycles. The molecule has 0 N–H and O–H groups in total. The highest BCUT2D eigenvalue weighted by Crippen LogP contribution is 2.21. The standard InChI is InChI=1S/C15H22N2O2/c1-12-2-3-13(8-16-12)10-19-15-4-6-17(9-15)14-5-7-18-11-14/h2-3,8,14-15H,4-7,9-11H2,1H3/t14?,15-/m1/s1. The summed E-state index contributed by atoms with van der Waals surface area (Å²) in [5.74, 6) is 0. The van der Waals surface area contributed by atoms with Crippen molar-refractivity contribution in [1.82, 2.24) is 9.88 Å². The average molecular weight is 262 g/mol. The van der Waals surface area contributed by atoms with E-state index < -0.39 is 0 Å². The van der Waals surface area contributed by atoms with Crippen LogP contribution < -0.4 is 0 Å². The van der Waals surface area contributed by atoms with Gasteiger partial charge in [0.25, 0.3) is 0 Å². The zero-order valence-electron chi connectivity index (χ0n) is 11.5. The molecule has 0 aromatic carbocycles. The molecule has 0 bridgehead atoms. The highest BCUT2D eigenvalue weighted by Gasteiger charge is 2.30. The van der Waals surface area contributed by atoms with Crippen molar-refractivity contribution in [3.05, 3.63) is 29.6 Å². The van der Waals surface area contributed by atoms with Gasteiger partial charge in [0.05, 0.1) is 19.3 Å². The summed E-state index contributed by atoms with van der Waals surface area (Å²) in [6.45, 7) is 6.69. The molecule has 104 valence electrons. The zero-order chi connectivity index (χ0) is 13.1. The second kappa shape index (κ2) is 5.99. The van der Waals surface area contributed by atoms with E-state index in [1.54, 1.807) is 0 Å². The Hall–Kier alpha value is -0.970. The van der Waals surface area contributed by atoms with Gasteiger partial charge in [-0.05, 0) is 31.4 Å². The summed E-state index contributed by atoms with van der Waals surface area (Å²) in [5.41, 5.74) is 2.21. The van der Waals surface area contributed by atoms with Gasteiger partial charge in [-0.25, -0.2) is 0 Å². The molecule has 1 aromatic heterocycles. The smallest absolute Gasteiger partial charge is 0.0736 e. The number of hydrogen-bond acceptors (Lipinski definition) is 4. The van der Waals surface area contributed by atoms with E-state index in [4.69, 9.17) is 9.47 Å². The maximum Gasteiger partial charge on any atom is 0.0736 e. The minimum Gasteiger partial charge on any atom is -0.380 e. The van der Waals surface area contributed by atoms with Crippen LogP contribution in [0.5, 0.6) is 0 Å². The van der Waals surface area contributed by atoms with Crippen molar-refractivity contribution in [2.75, 3.05) is 26.3 Å². The Bertz CT molecular complexity index is 401. The van der Waals surface area contributed by atoms with E-state index in [-0.39, 0.29) is 0 Å². The molecule has 0 amide bonds. The summed E-state index contributed by atoms with van der Waals surface area (Å²) in [5, 5.41) is 0. The van der Waals surface area contributed by atoms with Crippen LogP contribution in [0.4, 0.5) is 0 Å². The molecule has 2 fully saturated rings. The van der Waals surface area contributed by atoms with Gasteiger partial charge in [-0.3, -0.25) is 9.88 Å². The van der Waals surface area contributed by atoms with Gasteiger partial charge >= 0.3 is 0 Å². The van der Waals surface area contributed by atoms with E-state index >= 15 is 0 Å². The maximum absolute atomic E-state index is 6.00. The normalized spacial score (nSPS) is 28.1. The minimum atomic E-state index is 0.363. The lowest BCUT2D eigenvalue weighted by Gasteiger charge is -2.22. The minimum absolute atomic E-state index is 0.363. The highest BCUT2D eigenvalue weighted by atomic mass is 16.5. The fraction of sp³-hybridized carbons (Fsp3) is 0.667. The Labute approximate surface area is 114 Å². The third kappa shape index (κ3) is 3.32. The molecule has 0 aliphatic carbocycles. The number of nitrogens with zero attached hydrogens (tertiary/aromatic N) is 2. The van der Waals surface area contributed by atoms with Crippen LogP contribution in [0.1, 0.15) is 24.1 Å². The Morgan fingerprint density at radius 2 is 2.37 bits per heavy atom. The van der Waals surface area contributed by atoms with Crippen LogP contribution in [0.25, 0.3) is 0 Å². The zero-order valence-corrected chi connectivity index (χ0v) is 11.5. The summed E-state index contributed by atoms with van der Waals surface area (Å²) in [6, 6.07) is 4.75. The third-order valence-electron chi connectivity index (χ3n) is 4.06. The average Bonchev–Trinajstić information content (AvgIpc) is 3.09. The number of aromatic nitrogens is 1. The predicted octanol–water partition coefficient (Wildman–Crippen LogP) is 1.77. The number of rotatable bonds is 4. The first-order valence-corrected chi connectivity index (χ1v) is 7.16. The van der Waals surface area contributed by atoms with Crippen LogP contribution in [0, 0.1) is 6.92 Å². The Balaban J connectivity index is 1.45. The fourth-order valence-electron chi connectivity index (χ4n) is 2.83. The molecule has 2 aliphatic rings. The predicted molar refractivity (Wildman–Crippen MR) is 73.0 cm³/mol. The molecule has 2 saturated heterocycles. The second-order valence-electron chi connectivity index (χ2n) is 5.54. The molecule has 4 nitrogen and oxygen atoms in total. The van der Waals surface area contributed by atoms with Crippen LogP contribution >= 0.6 is 0 Å². The summed E-state index contributed by atoms with van der Waals surface area (Å²) in [6.07, 6.45) is 4.58. The van der Waals surface area contributed by atoms with E-state index in [1.165, 1.54) is 6.42 Å². The van der Waals surface area contributed by atoms with Crippen LogP contribution in [0.3, 0.4) is 0 Å². The SMILES string of the molecule is Cc1ccc(CO[C@@H]2CCN(C3CCOC3)C2)cn1. The number of likely N-dealkylation sites (tertiary alicyclic amines) is 1. The van der Waals surface area contributed by atoms with Gasteiger partial charge in [-0.2, -0.15) is 0 Å². The first-order valence-electron chi connectivity index (χ1n) is 7.16. The third-order valence-corrected chi connectivity index (χ3v) is 4.06. The lowest BCUT2D eigenvalue weighted by atomic mass is 10.2. The van der Waals surface area contributed by atoms with E-state index in [1.807, 2.05) is 19.2 Å². The monoisotopic (exact) mass is 262 g/mol. The van der Waals surface area contributed by atoms with E-state index in [0.717, 1.165) is 44.0 Å². The topological polar surface area (TPSA) is 34.6 Å². The van der Waals surface area contributed by atoms with Gasteiger partial charge < -0.3 is 9.47 Å². The second-order valence-corrected chi connectivity index (χ2v) is 5.54. The molecule has 4 heteroatoms. The quantitative estimate of drug-likeness (QED) is 0.828. The molecule has 19 heavy (non-hydrogen) atoms. The van der Waals surface area contributed by atoms with Gasteiger partial charge in [0.15, 0.2) is 0 Å². The van der Waals surface area contributed by atoms with Crippen molar-refractivity contribution in [3.8, 4) is 0 Å².